The molecule has 0 radical (unpaired) electrons. The second-order valence-corrected chi connectivity index (χ2v) is 6.08. The van der Waals surface area contributed by atoms with E-state index in [4.69, 9.17) is 4.74 Å². The summed E-state index contributed by atoms with van der Waals surface area (Å²) < 4.78 is 42.9. The van der Waals surface area contributed by atoms with Gasteiger partial charge in [-0.2, -0.15) is 13.2 Å². The Balaban J connectivity index is 1.86. The molecule has 1 N–H and O–H groups in total. The lowest BCUT2D eigenvalue weighted by Gasteiger charge is -2.31. The van der Waals surface area contributed by atoms with Crippen molar-refractivity contribution in [2.24, 2.45) is 5.92 Å². The van der Waals surface area contributed by atoms with E-state index in [9.17, 15) is 22.8 Å². The Morgan fingerprint density at radius 2 is 2.15 bits per heavy atom. The molecule has 146 valence electrons. The number of ether oxygens (including phenoxy) is 1. The summed E-state index contributed by atoms with van der Waals surface area (Å²) in [6, 6.07) is 4.71. The molecule has 1 aliphatic heterocycles. The minimum Gasteiger partial charge on any atom is -0.450 e. The number of nitrogens with one attached hydrogen (secondary N) is 1. The van der Waals surface area contributed by atoms with E-state index in [1.54, 1.807) is 6.92 Å². The van der Waals surface area contributed by atoms with Gasteiger partial charge < -0.3 is 15.0 Å². The van der Waals surface area contributed by atoms with Crippen molar-refractivity contribution in [2.75, 3.05) is 26.2 Å². The first kappa shape index (κ1) is 20.6. The third-order valence-electron chi connectivity index (χ3n) is 4.09. The molecule has 2 amide bonds. The van der Waals surface area contributed by atoms with Crippen molar-refractivity contribution in [3.8, 4) is 11.8 Å². The quantitative estimate of drug-likeness (QED) is 0.818. The first-order valence-corrected chi connectivity index (χ1v) is 8.66. The van der Waals surface area contributed by atoms with Crippen LogP contribution in [0.3, 0.4) is 0 Å². The number of hydrogen-bond donors (Lipinski definition) is 1. The molecule has 1 unspecified atom stereocenters. The number of carbonyl (C=O) groups is 2. The zero-order chi connectivity index (χ0) is 19.9. The highest BCUT2D eigenvalue weighted by atomic mass is 19.4. The highest BCUT2D eigenvalue weighted by Crippen LogP contribution is 2.29. The largest absolute Gasteiger partial charge is 0.450 e. The molecule has 1 saturated heterocycles. The highest BCUT2D eigenvalue weighted by Gasteiger charge is 2.30. The third-order valence-corrected chi connectivity index (χ3v) is 4.09. The lowest BCUT2D eigenvalue weighted by molar-refractivity contribution is -0.137. The normalized spacial score (nSPS) is 16.9. The second-order valence-electron chi connectivity index (χ2n) is 6.08. The Morgan fingerprint density at radius 1 is 1.37 bits per heavy atom. The van der Waals surface area contributed by atoms with Crippen molar-refractivity contribution in [2.45, 2.75) is 25.9 Å². The van der Waals surface area contributed by atoms with Gasteiger partial charge in [0.2, 0.25) is 5.91 Å². The van der Waals surface area contributed by atoms with E-state index < -0.39 is 17.8 Å². The van der Waals surface area contributed by atoms with Crippen LogP contribution in [0.5, 0.6) is 0 Å². The van der Waals surface area contributed by atoms with E-state index in [0.717, 1.165) is 12.1 Å². The SMILES string of the molecule is CCOC(=O)N1CCCC(C(=O)NCC#Cc2cccc(C(F)(F)F)c2)C1. The van der Waals surface area contributed by atoms with Crippen LogP contribution >= 0.6 is 0 Å². The maximum atomic E-state index is 12.7. The fourth-order valence-electron chi connectivity index (χ4n) is 2.77. The summed E-state index contributed by atoms with van der Waals surface area (Å²) in [5.74, 6) is 4.68. The van der Waals surface area contributed by atoms with Gasteiger partial charge in [-0.15, -0.1) is 0 Å². The summed E-state index contributed by atoms with van der Waals surface area (Å²) in [4.78, 5) is 25.5. The predicted octanol–water partition coefficient (Wildman–Crippen LogP) is 3.04. The van der Waals surface area contributed by atoms with E-state index in [1.165, 1.54) is 17.0 Å². The smallest absolute Gasteiger partial charge is 0.416 e. The predicted molar refractivity (Wildman–Crippen MR) is 92.7 cm³/mol. The van der Waals surface area contributed by atoms with Crippen molar-refractivity contribution >= 4 is 12.0 Å². The summed E-state index contributed by atoms with van der Waals surface area (Å²) >= 11 is 0. The van der Waals surface area contributed by atoms with Crippen molar-refractivity contribution in [3.05, 3.63) is 35.4 Å². The van der Waals surface area contributed by atoms with Gasteiger partial charge in [-0.3, -0.25) is 4.79 Å². The maximum absolute atomic E-state index is 12.7. The first-order valence-electron chi connectivity index (χ1n) is 8.66. The summed E-state index contributed by atoms with van der Waals surface area (Å²) in [6.45, 7) is 2.85. The lowest BCUT2D eigenvalue weighted by Crippen LogP contribution is -2.45. The highest BCUT2D eigenvalue weighted by molar-refractivity contribution is 5.80. The minimum absolute atomic E-state index is 0.0188. The lowest BCUT2D eigenvalue weighted by atomic mass is 9.97. The fraction of sp³-hybridized carbons (Fsp3) is 0.474. The Kier molecular flexibility index (Phi) is 7.11. The Bertz CT molecular complexity index is 738. The van der Waals surface area contributed by atoms with Crippen LogP contribution in [0.15, 0.2) is 24.3 Å². The van der Waals surface area contributed by atoms with E-state index in [2.05, 4.69) is 17.2 Å². The number of nitrogens with zero attached hydrogens (tertiary/aromatic N) is 1. The molecule has 0 aliphatic carbocycles. The Labute approximate surface area is 155 Å². The molecule has 0 aromatic heterocycles. The zero-order valence-electron chi connectivity index (χ0n) is 14.9. The number of piperidine rings is 1. The van der Waals surface area contributed by atoms with E-state index >= 15 is 0 Å². The van der Waals surface area contributed by atoms with Crippen molar-refractivity contribution < 1.29 is 27.5 Å². The van der Waals surface area contributed by atoms with Gasteiger partial charge in [-0.05, 0) is 38.0 Å². The van der Waals surface area contributed by atoms with Gasteiger partial charge >= 0.3 is 12.3 Å². The maximum Gasteiger partial charge on any atom is 0.416 e. The number of carbonyl (C=O) groups excluding carboxylic acids is 2. The van der Waals surface area contributed by atoms with E-state index in [0.29, 0.717) is 19.4 Å². The summed E-state index contributed by atoms with van der Waals surface area (Å²) in [7, 11) is 0. The Morgan fingerprint density at radius 3 is 2.85 bits per heavy atom. The number of benzene rings is 1. The first-order chi connectivity index (χ1) is 12.8. The molecular weight excluding hydrogens is 361 g/mol. The number of likely N-dealkylation sites (tertiary alicyclic amines) is 1. The van der Waals surface area contributed by atoms with Gasteiger partial charge in [0.15, 0.2) is 0 Å². The number of amides is 2. The van der Waals surface area contributed by atoms with Crippen LogP contribution < -0.4 is 5.32 Å². The van der Waals surface area contributed by atoms with Crippen molar-refractivity contribution in [1.29, 1.82) is 0 Å². The summed E-state index contributed by atoms with van der Waals surface area (Å²) in [6.07, 6.45) is -3.49. The monoisotopic (exact) mass is 382 g/mol. The molecule has 1 aromatic rings. The molecule has 27 heavy (non-hydrogen) atoms. The number of halogens is 3. The van der Waals surface area contributed by atoms with Crippen LogP contribution in [0, 0.1) is 17.8 Å². The average molecular weight is 382 g/mol. The van der Waals surface area contributed by atoms with Gasteiger partial charge in [0.1, 0.15) is 0 Å². The molecule has 1 atom stereocenters. The topological polar surface area (TPSA) is 58.6 Å². The fourth-order valence-corrected chi connectivity index (χ4v) is 2.77. The Hall–Kier alpha value is -2.69. The average Bonchev–Trinajstić information content (AvgIpc) is 2.65. The van der Waals surface area contributed by atoms with Gasteiger partial charge in [0.05, 0.1) is 24.6 Å². The van der Waals surface area contributed by atoms with Crippen molar-refractivity contribution in [3.63, 3.8) is 0 Å². The van der Waals surface area contributed by atoms with Gasteiger partial charge in [-0.25, -0.2) is 4.79 Å². The molecule has 2 rings (SSSR count). The zero-order valence-corrected chi connectivity index (χ0v) is 14.9. The van der Waals surface area contributed by atoms with Gasteiger partial charge in [0, 0.05) is 18.7 Å². The molecule has 1 aliphatic rings. The standard InChI is InChI=1S/C19H21F3N2O3/c1-2-27-18(26)24-11-5-8-15(13-24)17(25)23-10-4-7-14-6-3-9-16(12-14)19(20,21)22/h3,6,9,12,15H,2,5,8,10-11,13H2,1H3,(H,23,25). The summed E-state index contributed by atoms with van der Waals surface area (Å²) in [5.41, 5.74) is -0.537. The summed E-state index contributed by atoms with van der Waals surface area (Å²) in [5, 5.41) is 2.65. The van der Waals surface area contributed by atoms with Crippen LogP contribution in [0.4, 0.5) is 18.0 Å². The minimum atomic E-state index is -4.42. The van der Waals surface area contributed by atoms with Crippen LogP contribution in [0.2, 0.25) is 0 Å². The number of hydrogen-bond acceptors (Lipinski definition) is 3. The third kappa shape index (κ3) is 6.20. The van der Waals surface area contributed by atoms with Crippen LogP contribution in [-0.2, 0) is 15.7 Å². The molecule has 5 nitrogen and oxygen atoms in total. The molecule has 0 spiro atoms. The molecule has 0 saturated carbocycles. The molecular formula is C19H21F3N2O3. The number of alkyl halides is 3. The second kappa shape index (κ2) is 9.31. The van der Waals surface area contributed by atoms with Crippen LogP contribution in [0.25, 0.3) is 0 Å². The van der Waals surface area contributed by atoms with Crippen molar-refractivity contribution in [1.82, 2.24) is 10.2 Å². The molecule has 0 bridgehead atoms. The molecule has 1 heterocycles. The molecule has 8 heteroatoms. The van der Waals surface area contributed by atoms with Crippen LogP contribution in [0.1, 0.15) is 30.9 Å². The molecule has 1 aromatic carbocycles. The van der Waals surface area contributed by atoms with Gasteiger partial charge in [0.25, 0.3) is 0 Å². The number of rotatable bonds is 3. The van der Waals surface area contributed by atoms with Gasteiger partial charge in [-0.1, -0.05) is 17.9 Å². The van der Waals surface area contributed by atoms with Crippen LogP contribution in [-0.4, -0.2) is 43.1 Å². The molecule has 1 fully saturated rings. The van der Waals surface area contributed by atoms with E-state index in [-0.39, 0.29) is 37.1 Å². The van der Waals surface area contributed by atoms with E-state index in [1.807, 2.05) is 0 Å².